The Kier molecular flexibility index (Phi) is 3.80. The molecule has 1 aliphatic heterocycles. The highest BCUT2D eigenvalue weighted by Gasteiger charge is 2.22. The molecule has 0 aliphatic carbocycles. The maximum absolute atomic E-state index is 12.6. The fourth-order valence-electron chi connectivity index (χ4n) is 3.06. The van der Waals surface area contributed by atoms with Gasteiger partial charge in [-0.15, -0.1) is 11.8 Å². The third-order valence-electron chi connectivity index (χ3n) is 4.28. The summed E-state index contributed by atoms with van der Waals surface area (Å²) in [6, 6.07) is 22.4. The molecule has 1 amide bonds. The van der Waals surface area contributed by atoms with Crippen molar-refractivity contribution in [3.05, 3.63) is 77.9 Å². The van der Waals surface area contributed by atoms with E-state index in [0.717, 1.165) is 28.5 Å². The molecule has 0 aromatic heterocycles. The highest BCUT2D eigenvalue weighted by Crippen LogP contribution is 2.35. The van der Waals surface area contributed by atoms with Crippen LogP contribution in [0.2, 0.25) is 0 Å². The molecule has 0 radical (unpaired) electrons. The molecule has 0 spiro atoms. The van der Waals surface area contributed by atoms with E-state index in [2.05, 4.69) is 29.6 Å². The first-order valence-corrected chi connectivity index (χ1v) is 8.81. The first kappa shape index (κ1) is 14.3. The smallest absolute Gasteiger partial charge is 0.251 e. The zero-order valence-corrected chi connectivity index (χ0v) is 13.5. The van der Waals surface area contributed by atoms with Crippen LogP contribution in [-0.4, -0.2) is 11.7 Å². The van der Waals surface area contributed by atoms with Gasteiger partial charge < -0.3 is 5.32 Å². The predicted molar refractivity (Wildman–Crippen MR) is 95.9 cm³/mol. The van der Waals surface area contributed by atoms with Crippen molar-refractivity contribution >= 4 is 28.4 Å². The van der Waals surface area contributed by atoms with Gasteiger partial charge in [0.2, 0.25) is 0 Å². The Morgan fingerprint density at radius 3 is 2.65 bits per heavy atom. The summed E-state index contributed by atoms with van der Waals surface area (Å²) in [4.78, 5) is 13.9. The van der Waals surface area contributed by atoms with Crippen LogP contribution in [-0.2, 0) is 0 Å². The molecule has 3 aromatic rings. The molecule has 3 heteroatoms. The van der Waals surface area contributed by atoms with Crippen molar-refractivity contribution in [3.63, 3.8) is 0 Å². The van der Waals surface area contributed by atoms with Crippen LogP contribution in [0.25, 0.3) is 10.8 Å². The van der Waals surface area contributed by atoms with Gasteiger partial charge in [0.05, 0.1) is 6.04 Å². The molecular formula is C20H17NOS. The van der Waals surface area contributed by atoms with Crippen molar-refractivity contribution in [1.29, 1.82) is 0 Å². The minimum Gasteiger partial charge on any atom is -0.345 e. The van der Waals surface area contributed by atoms with Crippen LogP contribution in [0.3, 0.4) is 0 Å². The van der Waals surface area contributed by atoms with E-state index in [0.29, 0.717) is 0 Å². The highest BCUT2D eigenvalue weighted by molar-refractivity contribution is 7.99. The van der Waals surface area contributed by atoms with Crippen LogP contribution < -0.4 is 5.32 Å². The zero-order valence-electron chi connectivity index (χ0n) is 12.7. The van der Waals surface area contributed by atoms with Crippen LogP contribution in [0.4, 0.5) is 0 Å². The van der Waals surface area contributed by atoms with Gasteiger partial charge in [-0.05, 0) is 41.0 Å². The molecule has 0 bridgehead atoms. The average Bonchev–Trinajstić information content (AvgIpc) is 2.61. The molecule has 0 fully saturated rings. The standard InChI is InChI=1S/C20H17NOS/c22-20(16-10-9-14-5-1-2-6-15(14)13-16)21-18-11-12-23-19-8-4-3-7-17(18)19/h1-10,13,18H,11-12H2,(H,21,22)/t18-/m1/s1. The number of benzene rings is 3. The van der Waals surface area contributed by atoms with Crippen molar-refractivity contribution in [2.75, 3.05) is 5.75 Å². The summed E-state index contributed by atoms with van der Waals surface area (Å²) in [5.41, 5.74) is 1.96. The summed E-state index contributed by atoms with van der Waals surface area (Å²) >= 11 is 1.87. The van der Waals surface area contributed by atoms with E-state index in [4.69, 9.17) is 0 Å². The van der Waals surface area contributed by atoms with Gasteiger partial charge in [-0.1, -0.05) is 48.5 Å². The molecule has 114 valence electrons. The maximum Gasteiger partial charge on any atom is 0.251 e. The minimum atomic E-state index is 0.00227. The monoisotopic (exact) mass is 319 g/mol. The third kappa shape index (κ3) is 2.84. The van der Waals surface area contributed by atoms with Crippen LogP contribution in [0, 0.1) is 0 Å². The molecule has 1 N–H and O–H groups in total. The van der Waals surface area contributed by atoms with E-state index in [1.165, 1.54) is 10.5 Å². The number of hydrogen-bond donors (Lipinski definition) is 1. The number of fused-ring (bicyclic) bond motifs is 2. The Morgan fingerprint density at radius 2 is 1.74 bits per heavy atom. The van der Waals surface area contributed by atoms with Gasteiger partial charge in [0, 0.05) is 16.2 Å². The number of nitrogens with one attached hydrogen (secondary N) is 1. The Morgan fingerprint density at radius 1 is 0.957 bits per heavy atom. The van der Waals surface area contributed by atoms with Crippen LogP contribution in [0.1, 0.15) is 28.4 Å². The van der Waals surface area contributed by atoms with Crippen molar-refractivity contribution in [1.82, 2.24) is 5.32 Å². The van der Waals surface area contributed by atoms with Crippen LogP contribution >= 0.6 is 11.8 Å². The van der Waals surface area contributed by atoms with E-state index in [1.807, 2.05) is 54.2 Å². The fourth-order valence-corrected chi connectivity index (χ4v) is 4.19. The topological polar surface area (TPSA) is 29.1 Å². The Balaban J connectivity index is 1.60. The van der Waals surface area contributed by atoms with Gasteiger partial charge in [-0.25, -0.2) is 0 Å². The molecule has 23 heavy (non-hydrogen) atoms. The lowest BCUT2D eigenvalue weighted by Gasteiger charge is -2.26. The number of amides is 1. The molecule has 1 aliphatic rings. The lowest BCUT2D eigenvalue weighted by Crippen LogP contribution is -2.30. The van der Waals surface area contributed by atoms with Crippen LogP contribution in [0.5, 0.6) is 0 Å². The molecule has 0 saturated carbocycles. The average molecular weight is 319 g/mol. The van der Waals surface area contributed by atoms with Crippen molar-refractivity contribution in [2.45, 2.75) is 17.4 Å². The molecule has 3 aromatic carbocycles. The second-order valence-electron chi connectivity index (χ2n) is 5.76. The molecule has 0 unspecified atom stereocenters. The lowest BCUT2D eigenvalue weighted by atomic mass is 10.0. The van der Waals surface area contributed by atoms with Gasteiger partial charge >= 0.3 is 0 Å². The Bertz CT molecular complexity index is 874. The molecule has 4 rings (SSSR count). The van der Waals surface area contributed by atoms with Gasteiger partial charge in [0.1, 0.15) is 0 Å². The normalized spacial score (nSPS) is 16.8. The van der Waals surface area contributed by atoms with Crippen molar-refractivity contribution in [3.8, 4) is 0 Å². The summed E-state index contributed by atoms with van der Waals surface area (Å²) in [6.07, 6.45) is 0.973. The third-order valence-corrected chi connectivity index (χ3v) is 5.40. The molecular weight excluding hydrogens is 302 g/mol. The number of carbonyl (C=O) groups is 1. The number of carbonyl (C=O) groups excluding carboxylic acids is 1. The van der Waals surface area contributed by atoms with E-state index >= 15 is 0 Å². The summed E-state index contributed by atoms with van der Waals surface area (Å²) in [5.74, 6) is 1.04. The van der Waals surface area contributed by atoms with E-state index in [1.54, 1.807) is 0 Å². The second-order valence-corrected chi connectivity index (χ2v) is 6.90. The summed E-state index contributed by atoms with van der Waals surface area (Å²) in [6.45, 7) is 0. The van der Waals surface area contributed by atoms with Gasteiger partial charge in [0.25, 0.3) is 5.91 Å². The highest BCUT2D eigenvalue weighted by atomic mass is 32.2. The molecule has 0 saturated heterocycles. The SMILES string of the molecule is O=C(N[C@@H]1CCSc2ccccc21)c1ccc2ccccc2c1. The Hall–Kier alpha value is -2.26. The van der Waals surface area contributed by atoms with Gasteiger partial charge in [0.15, 0.2) is 0 Å². The fraction of sp³-hybridized carbons (Fsp3) is 0.150. The predicted octanol–water partition coefficient (Wildman–Crippen LogP) is 4.81. The summed E-state index contributed by atoms with van der Waals surface area (Å²) < 4.78 is 0. The number of hydrogen-bond acceptors (Lipinski definition) is 2. The quantitative estimate of drug-likeness (QED) is 0.734. The summed E-state index contributed by atoms with van der Waals surface area (Å²) in [5, 5.41) is 5.46. The molecule has 1 heterocycles. The van der Waals surface area contributed by atoms with E-state index in [-0.39, 0.29) is 11.9 Å². The number of rotatable bonds is 2. The first-order valence-electron chi connectivity index (χ1n) is 7.83. The van der Waals surface area contributed by atoms with E-state index in [9.17, 15) is 4.79 Å². The zero-order chi connectivity index (χ0) is 15.6. The van der Waals surface area contributed by atoms with E-state index < -0.39 is 0 Å². The molecule has 1 atom stereocenters. The van der Waals surface area contributed by atoms with Crippen molar-refractivity contribution < 1.29 is 4.79 Å². The first-order chi connectivity index (χ1) is 11.3. The Labute approximate surface area is 139 Å². The number of thioether (sulfide) groups is 1. The maximum atomic E-state index is 12.6. The van der Waals surface area contributed by atoms with Gasteiger partial charge in [-0.2, -0.15) is 0 Å². The van der Waals surface area contributed by atoms with Crippen molar-refractivity contribution in [2.24, 2.45) is 0 Å². The summed E-state index contributed by atoms with van der Waals surface area (Å²) in [7, 11) is 0. The largest absolute Gasteiger partial charge is 0.345 e. The van der Waals surface area contributed by atoms with Gasteiger partial charge in [-0.3, -0.25) is 4.79 Å². The minimum absolute atomic E-state index is 0.00227. The van der Waals surface area contributed by atoms with Crippen LogP contribution in [0.15, 0.2) is 71.6 Å². The lowest BCUT2D eigenvalue weighted by molar-refractivity contribution is 0.0935. The molecule has 2 nitrogen and oxygen atoms in total. The second kappa shape index (κ2) is 6.09.